The Morgan fingerprint density at radius 1 is 1.11 bits per heavy atom. The van der Waals surface area contributed by atoms with E-state index in [2.05, 4.69) is 55.5 Å². The maximum absolute atomic E-state index is 12.5. The van der Waals surface area contributed by atoms with Gasteiger partial charge >= 0.3 is 5.97 Å². The summed E-state index contributed by atoms with van der Waals surface area (Å²) in [6, 6.07) is 16.5. The quantitative estimate of drug-likeness (QED) is 0.220. The number of halogens is 2. The number of hydrogen-bond acceptors (Lipinski definition) is 5. The Morgan fingerprint density at radius 3 is 2.46 bits per heavy atom. The number of amidine groups is 1. The Labute approximate surface area is 234 Å². The molecule has 1 heterocycles. The Kier molecular flexibility index (Phi) is 8.17. The van der Waals surface area contributed by atoms with Crippen molar-refractivity contribution in [3.05, 3.63) is 94.5 Å². The number of carbonyl (C=O) groups is 2. The van der Waals surface area contributed by atoms with Gasteiger partial charge in [-0.3, -0.25) is 4.79 Å². The van der Waals surface area contributed by atoms with E-state index in [9.17, 15) is 9.59 Å². The smallest absolute Gasteiger partial charge is 0.335 e. The lowest BCUT2D eigenvalue weighted by atomic mass is 10.1. The first-order chi connectivity index (χ1) is 16.7. The molecule has 0 atom stereocenters. The summed E-state index contributed by atoms with van der Waals surface area (Å²) in [5, 5.41) is 12.4. The number of nitrogens with zero attached hydrogens (tertiary/aromatic N) is 1. The second kappa shape index (κ2) is 11.1. The molecule has 3 aromatic rings. The van der Waals surface area contributed by atoms with Gasteiger partial charge in [-0.1, -0.05) is 24.3 Å². The predicted molar refractivity (Wildman–Crippen MR) is 156 cm³/mol. The van der Waals surface area contributed by atoms with Crippen molar-refractivity contribution in [3.63, 3.8) is 0 Å². The third kappa shape index (κ3) is 6.25. The topological polar surface area (TPSA) is 88.0 Å². The zero-order chi connectivity index (χ0) is 25.1. The zero-order valence-electron chi connectivity index (χ0n) is 18.8. The highest BCUT2D eigenvalue weighted by Crippen LogP contribution is 2.33. The van der Waals surface area contributed by atoms with Crippen LogP contribution in [0.3, 0.4) is 0 Å². The number of aromatic carboxylic acids is 1. The van der Waals surface area contributed by atoms with E-state index >= 15 is 0 Å². The van der Waals surface area contributed by atoms with Crippen molar-refractivity contribution in [2.45, 2.75) is 20.5 Å². The molecule has 178 valence electrons. The van der Waals surface area contributed by atoms with Crippen LogP contribution in [0.4, 0.5) is 5.69 Å². The zero-order valence-corrected chi connectivity index (χ0v) is 23.9. The average Bonchev–Trinajstić information content (AvgIpc) is 3.15. The summed E-state index contributed by atoms with van der Waals surface area (Å²) in [4.78, 5) is 28.8. The fourth-order valence-corrected chi connectivity index (χ4v) is 6.26. The fraction of sp³-hybridized carbons (Fsp3) is 0.115. The summed E-state index contributed by atoms with van der Waals surface area (Å²) in [5.41, 5.74) is 5.10. The molecule has 2 N–H and O–H groups in total. The van der Waals surface area contributed by atoms with Crippen LogP contribution in [0.15, 0.2) is 64.5 Å². The Balaban J connectivity index is 1.49. The van der Waals surface area contributed by atoms with Gasteiger partial charge in [0.05, 0.1) is 23.3 Å². The van der Waals surface area contributed by atoms with E-state index in [0.717, 1.165) is 40.8 Å². The number of hydrogen-bond donors (Lipinski definition) is 2. The van der Waals surface area contributed by atoms with E-state index < -0.39 is 5.97 Å². The number of nitrogens with one attached hydrogen (secondary N) is 1. The minimum absolute atomic E-state index is 0.172. The Bertz CT molecular complexity index is 1360. The number of carboxylic acid groups (broad SMARTS) is 1. The lowest BCUT2D eigenvalue weighted by molar-refractivity contribution is -0.115. The molecule has 4 rings (SSSR count). The molecule has 1 fully saturated rings. The molecule has 0 aromatic heterocycles. The molecule has 1 aliphatic heterocycles. The first-order valence-corrected chi connectivity index (χ1v) is 13.5. The standard InChI is InChI=1S/C26H20I2N2O4S/c1-14-4-3-5-21(15(14)2)29-26-30-24(31)22(35-26)12-17-10-19(27)23(20(28)11-17)34-13-16-6-8-18(9-7-16)25(32)33/h3-12H,13H2,1-2H3,(H,32,33)(H,29,30,31)/b22-12-. The van der Waals surface area contributed by atoms with Gasteiger partial charge in [0.25, 0.3) is 5.91 Å². The maximum Gasteiger partial charge on any atom is 0.335 e. The SMILES string of the molecule is Cc1cccc(N=C2NC(=O)/C(=C/c3cc(I)c(OCc4ccc(C(=O)O)cc4)c(I)c3)S2)c1C. The summed E-state index contributed by atoms with van der Waals surface area (Å²) in [6.07, 6.45) is 1.85. The molecule has 35 heavy (non-hydrogen) atoms. The Morgan fingerprint density at radius 2 is 1.80 bits per heavy atom. The van der Waals surface area contributed by atoms with Gasteiger partial charge in [-0.05, 0) is 129 Å². The third-order valence-electron chi connectivity index (χ3n) is 5.35. The van der Waals surface area contributed by atoms with E-state index in [-0.39, 0.29) is 11.5 Å². The molecule has 0 aliphatic carbocycles. The lowest BCUT2D eigenvalue weighted by Crippen LogP contribution is -2.19. The summed E-state index contributed by atoms with van der Waals surface area (Å²) < 4.78 is 7.84. The van der Waals surface area contributed by atoms with E-state index in [1.807, 2.05) is 50.3 Å². The second-order valence-electron chi connectivity index (χ2n) is 7.81. The number of ether oxygens (including phenoxy) is 1. The molecule has 3 aromatic carbocycles. The van der Waals surface area contributed by atoms with Crippen molar-refractivity contribution in [3.8, 4) is 5.75 Å². The minimum atomic E-state index is -0.955. The number of amides is 1. The van der Waals surface area contributed by atoms with Crippen LogP contribution in [0.25, 0.3) is 6.08 Å². The van der Waals surface area contributed by atoms with Crippen LogP contribution < -0.4 is 10.1 Å². The van der Waals surface area contributed by atoms with Crippen LogP contribution in [0, 0.1) is 21.0 Å². The second-order valence-corrected chi connectivity index (χ2v) is 11.2. The third-order valence-corrected chi connectivity index (χ3v) is 7.86. The van der Waals surface area contributed by atoms with Gasteiger partial charge in [-0.25, -0.2) is 9.79 Å². The van der Waals surface area contributed by atoms with Crippen molar-refractivity contribution >= 4 is 85.8 Å². The van der Waals surface area contributed by atoms with E-state index in [1.54, 1.807) is 24.3 Å². The van der Waals surface area contributed by atoms with E-state index in [0.29, 0.717) is 16.7 Å². The van der Waals surface area contributed by atoms with Crippen molar-refractivity contribution in [2.24, 2.45) is 4.99 Å². The fourth-order valence-electron chi connectivity index (χ4n) is 3.30. The predicted octanol–water partition coefficient (Wildman–Crippen LogP) is 6.68. The van der Waals surface area contributed by atoms with Gasteiger partial charge in [0.1, 0.15) is 12.4 Å². The highest BCUT2D eigenvalue weighted by Gasteiger charge is 2.24. The molecular weight excluding hydrogens is 690 g/mol. The summed E-state index contributed by atoms with van der Waals surface area (Å²) >= 11 is 5.76. The van der Waals surface area contributed by atoms with Gasteiger partial charge < -0.3 is 15.2 Å². The normalized spacial score (nSPS) is 15.5. The monoisotopic (exact) mass is 710 g/mol. The van der Waals surface area contributed by atoms with Crippen LogP contribution in [0.1, 0.15) is 32.6 Å². The molecule has 0 unspecified atom stereocenters. The van der Waals surface area contributed by atoms with E-state index in [1.165, 1.54) is 11.8 Å². The largest absolute Gasteiger partial charge is 0.487 e. The average molecular weight is 710 g/mol. The van der Waals surface area contributed by atoms with Crippen LogP contribution >= 0.6 is 56.9 Å². The molecule has 6 nitrogen and oxygen atoms in total. The number of carbonyl (C=O) groups excluding carboxylic acids is 1. The molecule has 0 bridgehead atoms. The number of carboxylic acids is 1. The minimum Gasteiger partial charge on any atom is -0.487 e. The molecular formula is C26H20I2N2O4S. The van der Waals surface area contributed by atoms with Crippen LogP contribution in [0.5, 0.6) is 5.75 Å². The van der Waals surface area contributed by atoms with Gasteiger partial charge in [0, 0.05) is 0 Å². The summed E-state index contributed by atoms with van der Waals surface area (Å²) in [7, 11) is 0. The summed E-state index contributed by atoms with van der Waals surface area (Å²) in [5.74, 6) is -0.380. The van der Waals surface area contributed by atoms with Crippen molar-refractivity contribution in [1.82, 2.24) is 5.32 Å². The molecule has 0 radical (unpaired) electrons. The van der Waals surface area contributed by atoms with Crippen LogP contribution in [-0.4, -0.2) is 22.2 Å². The number of thioether (sulfide) groups is 1. The molecule has 9 heteroatoms. The first-order valence-electron chi connectivity index (χ1n) is 10.5. The van der Waals surface area contributed by atoms with Gasteiger partial charge in [0.2, 0.25) is 0 Å². The van der Waals surface area contributed by atoms with Crippen molar-refractivity contribution in [1.29, 1.82) is 0 Å². The van der Waals surface area contributed by atoms with Crippen LogP contribution in [-0.2, 0) is 11.4 Å². The van der Waals surface area contributed by atoms with Crippen LogP contribution in [0.2, 0.25) is 0 Å². The van der Waals surface area contributed by atoms with Crippen molar-refractivity contribution in [2.75, 3.05) is 0 Å². The molecule has 0 spiro atoms. The van der Waals surface area contributed by atoms with Crippen molar-refractivity contribution < 1.29 is 19.4 Å². The Hall–Kier alpha value is -2.38. The lowest BCUT2D eigenvalue weighted by Gasteiger charge is -2.12. The molecule has 0 saturated carbocycles. The van der Waals surface area contributed by atoms with E-state index in [4.69, 9.17) is 9.84 Å². The van der Waals surface area contributed by atoms with Gasteiger partial charge in [-0.2, -0.15) is 0 Å². The number of aliphatic imine (C=N–C) groups is 1. The molecule has 1 saturated heterocycles. The summed E-state index contributed by atoms with van der Waals surface area (Å²) in [6.45, 7) is 4.38. The molecule has 1 amide bonds. The number of rotatable bonds is 6. The number of benzene rings is 3. The van der Waals surface area contributed by atoms with Gasteiger partial charge in [-0.15, -0.1) is 0 Å². The highest BCUT2D eigenvalue weighted by molar-refractivity contribution is 14.1. The number of aryl methyl sites for hydroxylation is 1. The first kappa shape index (κ1) is 25.7. The highest BCUT2D eigenvalue weighted by atomic mass is 127. The van der Waals surface area contributed by atoms with Gasteiger partial charge in [0.15, 0.2) is 5.17 Å². The maximum atomic E-state index is 12.5. The molecule has 1 aliphatic rings.